The summed E-state index contributed by atoms with van der Waals surface area (Å²) in [5, 5.41) is 0. The first kappa shape index (κ1) is 24.1. The molecule has 0 spiro atoms. The summed E-state index contributed by atoms with van der Waals surface area (Å²) in [6.45, 7) is 6.79. The molecule has 3 aliphatic rings. The average molecular weight is 420 g/mol. The largest absolute Gasteiger partial charge is 0.461 e. The van der Waals surface area contributed by atoms with Crippen LogP contribution in [0.1, 0.15) is 129 Å². The van der Waals surface area contributed by atoms with E-state index in [1.54, 1.807) is 0 Å². The molecule has 174 valence electrons. The first-order valence-electron chi connectivity index (χ1n) is 13.6. The highest BCUT2D eigenvalue weighted by Crippen LogP contribution is 2.39. The van der Waals surface area contributed by atoms with Gasteiger partial charge < -0.3 is 4.74 Å². The number of hydrogen-bond acceptors (Lipinski definition) is 3. The van der Waals surface area contributed by atoms with Crippen molar-refractivity contribution >= 4 is 5.97 Å². The van der Waals surface area contributed by atoms with Gasteiger partial charge in [-0.05, 0) is 76.3 Å². The van der Waals surface area contributed by atoms with Gasteiger partial charge in [-0.3, -0.25) is 9.69 Å². The Morgan fingerprint density at radius 3 is 2.03 bits per heavy atom. The summed E-state index contributed by atoms with van der Waals surface area (Å²) in [7, 11) is 0. The molecule has 1 heterocycles. The number of likely N-dealkylation sites (tertiary alicyclic amines) is 1. The molecule has 3 heteroatoms. The predicted octanol–water partition coefficient (Wildman–Crippen LogP) is 7.27. The van der Waals surface area contributed by atoms with Gasteiger partial charge in [0.1, 0.15) is 11.6 Å². The van der Waals surface area contributed by atoms with E-state index in [4.69, 9.17) is 4.74 Å². The molecular formula is C27H49NO2. The van der Waals surface area contributed by atoms with Crippen molar-refractivity contribution in [2.75, 3.05) is 13.1 Å². The molecule has 0 N–H and O–H groups in total. The van der Waals surface area contributed by atoms with Gasteiger partial charge in [-0.15, -0.1) is 0 Å². The topological polar surface area (TPSA) is 29.5 Å². The quantitative estimate of drug-likeness (QED) is 0.275. The molecule has 3 nitrogen and oxygen atoms in total. The van der Waals surface area contributed by atoms with Crippen LogP contribution in [0.2, 0.25) is 0 Å². The van der Waals surface area contributed by atoms with E-state index in [0.29, 0.717) is 0 Å². The van der Waals surface area contributed by atoms with Gasteiger partial charge in [-0.1, -0.05) is 78.1 Å². The minimum Gasteiger partial charge on any atom is -0.461 e. The highest BCUT2D eigenvalue weighted by molar-refractivity contribution is 5.81. The second-order valence-electron chi connectivity index (χ2n) is 10.7. The Morgan fingerprint density at radius 1 is 0.800 bits per heavy atom. The van der Waals surface area contributed by atoms with Gasteiger partial charge >= 0.3 is 5.97 Å². The molecule has 30 heavy (non-hydrogen) atoms. The summed E-state index contributed by atoms with van der Waals surface area (Å²) >= 11 is 0. The Kier molecular flexibility index (Phi) is 10.0. The summed E-state index contributed by atoms with van der Waals surface area (Å²) < 4.78 is 6.27. The minimum absolute atomic E-state index is 0.142. The molecule has 0 aromatic heterocycles. The summed E-state index contributed by atoms with van der Waals surface area (Å²) in [4.78, 5) is 16.1. The third-order valence-corrected chi connectivity index (χ3v) is 8.53. The summed E-state index contributed by atoms with van der Waals surface area (Å²) in [5.74, 6) is 1.89. The number of piperidine rings is 1. The molecule has 1 saturated heterocycles. The number of carbonyl (C=O) groups is 1. The first-order chi connectivity index (χ1) is 14.7. The van der Waals surface area contributed by atoms with E-state index in [9.17, 15) is 4.79 Å². The van der Waals surface area contributed by atoms with E-state index < -0.39 is 0 Å². The molecule has 3 rings (SSSR count). The van der Waals surface area contributed by atoms with E-state index in [0.717, 1.165) is 50.6 Å². The van der Waals surface area contributed by atoms with Gasteiger partial charge in [0.15, 0.2) is 0 Å². The number of hydrogen-bond donors (Lipinski definition) is 0. The lowest BCUT2D eigenvalue weighted by atomic mass is 9.78. The zero-order valence-corrected chi connectivity index (χ0v) is 20.1. The van der Waals surface area contributed by atoms with Gasteiger partial charge in [0, 0.05) is 0 Å². The third kappa shape index (κ3) is 6.47. The van der Waals surface area contributed by atoms with Gasteiger partial charge in [-0.25, -0.2) is 0 Å². The Bertz CT molecular complexity index is 483. The number of ether oxygens (including phenoxy) is 1. The van der Waals surface area contributed by atoms with Gasteiger partial charge in [-0.2, -0.15) is 0 Å². The fourth-order valence-corrected chi connectivity index (χ4v) is 6.41. The molecule has 1 aliphatic heterocycles. The standard InChI is InChI=1S/C27H49NO2/c1-3-5-8-12-24-17-21-28(22-18-24)27(19-9-7-10-20-27)26(29)30-25-15-13-23(14-16-25)11-6-4-2/h23-25H,3-22H2,1-2H3. The molecular weight excluding hydrogens is 370 g/mol. The first-order valence-corrected chi connectivity index (χ1v) is 13.6. The number of rotatable bonds is 10. The lowest BCUT2D eigenvalue weighted by Gasteiger charge is -2.48. The highest BCUT2D eigenvalue weighted by Gasteiger charge is 2.47. The summed E-state index contributed by atoms with van der Waals surface area (Å²) in [6, 6.07) is 0. The van der Waals surface area contributed by atoms with Crippen LogP contribution in [0, 0.1) is 11.8 Å². The highest BCUT2D eigenvalue weighted by atomic mass is 16.5. The van der Waals surface area contributed by atoms with Crippen molar-refractivity contribution in [1.29, 1.82) is 0 Å². The molecule has 3 fully saturated rings. The second kappa shape index (κ2) is 12.5. The molecule has 2 saturated carbocycles. The normalized spacial score (nSPS) is 28.3. The van der Waals surface area contributed by atoms with Crippen LogP contribution in [0.15, 0.2) is 0 Å². The van der Waals surface area contributed by atoms with Crippen molar-refractivity contribution < 1.29 is 9.53 Å². The van der Waals surface area contributed by atoms with Crippen LogP contribution in [0.3, 0.4) is 0 Å². The van der Waals surface area contributed by atoms with Crippen molar-refractivity contribution in [3.05, 3.63) is 0 Å². The molecule has 0 aromatic rings. The van der Waals surface area contributed by atoms with Crippen LogP contribution in [0.25, 0.3) is 0 Å². The maximum absolute atomic E-state index is 13.6. The van der Waals surface area contributed by atoms with Gasteiger partial charge in [0.25, 0.3) is 0 Å². The molecule has 2 aliphatic carbocycles. The fourth-order valence-electron chi connectivity index (χ4n) is 6.41. The number of carbonyl (C=O) groups excluding carboxylic acids is 1. The van der Waals surface area contributed by atoms with E-state index >= 15 is 0 Å². The lowest BCUT2D eigenvalue weighted by Crippen LogP contribution is -2.59. The second-order valence-corrected chi connectivity index (χ2v) is 10.7. The van der Waals surface area contributed by atoms with Crippen LogP contribution in [-0.2, 0) is 9.53 Å². The van der Waals surface area contributed by atoms with E-state index in [1.165, 1.54) is 89.9 Å². The SMILES string of the molecule is CCCCCC1CCN(C2(C(=O)OC3CCC(CCCC)CC3)CCCCC2)CC1. The van der Waals surface area contributed by atoms with Crippen molar-refractivity contribution in [3.8, 4) is 0 Å². The van der Waals surface area contributed by atoms with Crippen molar-refractivity contribution in [3.63, 3.8) is 0 Å². The van der Waals surface area contributed by atoms with Gasteiger partial charge in [0.05, 0.1) is 0 Å². The summed E-state index contributed by atoms with van der Waals surface area (Å²) in [5.41, 5.74) is -0.300. The number of nitrogens with zero attached hydrogens (tertiary/aromatic N) is 1. The van der Waals surface area contributed by atoms with Crippen LogP contribution in [0.5, 0.6) is 0 Å². The smallest absolute Gasteiger partial charge is 0.326 e. The number of esters is 1. The van der Waals surface area contributed by atoms with Gasteiger partial charge in [0.2, 0.25) is 0 Å². The van der Waals surface area contributed by atoms with E-state index in [-0.39, 0.29) is 17.6 Å². The Morgan fingerprint density at radius 2 is 1.40 bits per heavy atom. The molecule has 0 bridgehead atoms. The zero-order chi connectivity index (χ0) is 21.2. The van der Waals surface area contributed by atoms with Crippen molar-refractivity contribution in [2.24, 2.45) is 11.8 Å². The van der Waals surface area contributed by atoms with Crippen LogP contribution in [0.4, 0.5) is 0 Å². The maximum atomic E-state index is 13.6. The number of unbranched alkanes of at least 4 members (excludes halogenated alkanes) is 3. The maximum Gasteiger partial charge on any atom is 0.326 e. The predicted molar refractivity (Wildman–Crippen MR) is 126 cm³/mol. The summed E-state index contributed by atoms with van der Waals surface area (Å²) in [6.07, 6.45) is 22.6. The van der Waals surface area contributed by atoms with Crippen molar-refractivity contribution in [2.45, 2.75) is 141 Å². The molecule has 0 amide bonds. The van der Waals surface area contributed by atoms with Crippen LogP contribution in [-0.4, -0.2) is 35.6 Å². The fraction of sp³-hybridized carbons (Fsp3) is 0.963. The average Bonchev–Trinajstić information content (AvgIpc) is 2.79. The zero-order valence-electron chi connectivity index (χ0n) is 20.1. The monoisotopic (exact) mass is 419 g/mol. The molecule has 0 atom stereocenters. The Balaban J connectivity index is 1.52. The van der Waals surface area contributed by atoms with Crippen LogP contribution < -0.4 is 0 Å². The Labute approximate surface area is 186 Å². The van der Waals surface area contributed by atoms with Crippen LogP contribution >= 0.6 is 0 Å². The lowest BCUT2D eigenvalue weighted by molar-refractivity contribution is -0.170. The van der Waals surface area contributed by atoms with E-state index in [1.807, 2.05) is 0 Å². The molecule has 0 radical (unpaired) electrons. The van der Waals surface area contributed by atoms with E-state index in [2.05, 4.69) is 18.7 Å². The Hall–Kier alpha value is -0.570. The molecule has 0 aromatic carbocycles. The third-order valence-electron chi connectivity index (χ3n) is 8.53. The minimum atomic E-state index is -0.300. The molecule has 0 unspecified atom stereocenters. The van der Waals surface area contributed by atoms with Crippen molar-refractivity contribution in [1.82, 2.24) is 4.90 Å².